The third kappa shape index (κ3) is 8.13. The molecule has 0 saturated carbocycles. The number of carboxylic acids is 2. The molecule has 0 aliphatic rings. The van der Waals surface area contributed by atoms with Crippen LogP contribution in [0.25, 0.3) is 23.1 Å². The average Bonchev–Trinajstić information content (AvgIpc) is 3.28. The first-order valence-electron chi connectivity index (χ1n) is 14.0. The van der Waals surface area contributed by atoms with Gasteiger partial charge in [0.2, 0.25) is 0 Å². The van der Waals surface area contributed by atoms with E-state index in [4.69, 9.17) is 14.6 Å². The normalized spacial score (nSPS) is 11.5. The van der Waals surface area contributed by atoms with Crippen molar-refractivity contribution in [1.82, 2.24) is 4.57 Å². The maximum absolute atomic E-state index is 11.5. The van der Waals surface area contributed by atoms with Crippen molar-refractivity contribution in [3.05, 3.63) is 106 Å². The summed E-state index contributed by atoms with van der Waals surface area (Å²) in [5.41, 5.74) is 6.98. The first-order chi connectivity index (χ1) is 20.2. The van der Waals surface area contributed by atoms with E-state index >= 15 is 0 Å². The van der Waals surface area contributed by atoms with Crippen molar-refractivity contribution in [1.29, 1.82) is 0 Å². The van der Waals surface area contributed by atoms with Gasteiger partial charge in [-0.15, -0.1) is 0 Å². The van der Waals surface area contributed by atoms with Crippen molar-refractivity contribution < 1.29 is 29.3 Å². The van der Waals surface area contributed by atoms with Crippen molar-refractivity contribution in [2.75, 3.05) is 13.2 Å². The van der Waals surface area contributed by atoms with E-state index in [2.05, 4.69) is 32.9 Å². The molecule has 0 atom stereocenters. The van der Waals surface area contributed by atoms with Crippen LogP contribution in [0.15, 0.2) is 72.9 Å². The molecule has 0 radical (unpaired) electrons. The lowest BCUT2D eigenvalue weighted by atomic mass is 10.0. The molecule has 0 unspecified atom stereocenters. The van der Waals surface area contributed by atoms with Gasteiger partial charge in [0, 0.05) is 30.1 Å². The minimum Gasteiger partial charge on any atom is -0.490 e. The lowest BCUT2D eigenvalue weighted by Gasteiger charge is -2.11. The quantitative estimate of drug-likeness (QED) is 0.123. The van der Waals surface area contributed by atoms with Gasteiger partial charge in [-0.2, -0.15) is 0 Å². The van der Waals surface area contributed by atoms with Crippen molar-refractivity contribution in [2.24, 2.45) is 0 Å². The zero-order valence-corrected chi connectivity index (χ0v) is 24.3. The number of benzene rings is 3. The highest BCUT2D eigenvalue weighted by Gasteiger charge is 2.14. The van der Waals surface area contributed by atoms with E-state index in [0.717, 1.165) is 44.7 Å². The Bertz CT molecular complexity index is 1590. The SMILES string of the molecule is Cc1cc(C)c(OCC=CCOc2ccc(C=Cc3cccc4c3c(CC(=O)O)cn4CCCC(=O)O)cc2)c(C)c1. The monoisotopic (exact) mass is 567 g/mol. The van der Waals surface area contributed by atoms with Crippen LogP contribution >= 0.6 is 0 Å². The number of hydrogen-bond donors (Lipinski definition) is 2. The molecule has 0 amide bonds. The van der Waals surface area contributed by atoms with E-state index in [9.17, 15) is 14.7 Å². The predicted octanol–water partition coefficient (Wildman–Crippen LogP) is 7.24. The Morgan fingerprint density at radius 1 is 0.857 bits per heavy atom. The van der Waals surface area contributed by atoms with Gasteiger partial charge in [-0.3, -0.25) is 9.59 Å². The minimum atomic E-state index is -0.909. The summed E-state index contributed by atoms with van der Waals surface area (Å²) >= 11 is 0. The van der Waals surface area contributed by atoms with Gasteiger partial charge in [-0.25, -0.2) is 0 Å². The van der Waals surface area contributed by atoms with Gasteiger partial charge in [0.1, 0.15) is 24.7 Å². The Hall–Kier alpha value is -4.78. The van der Waals surface area contributed by atoms with Crippen molar-refractivity contribution in [3.63, 3.8) is 0 Å². The lowest BCUT2D eigenvalue weighted by molar-refractivity contribution is -0.137. The maximum atomic E-state index is 11.5. The average molecular weight is 568 g/mol. The van der Waals surface area contributed by atoms with Gasteiger partial charge in [0.15, 0.2) is 0 Å². The second-order valence-electron chi connectivity index (χ2n) is 10.4. The van der Waals surface area contributed by atoms with Crippen LogP contribution in [-0.4, -0.2) is 39.9 Å². The second kappa shape index (κ2) is 14.2. The fourth-order valence-corrected chi connectivity index (χ4v) is 5.16. The molecule has 0 bridgehead atoms. The molecule has 1 heterocycles. The topological polar surface area (TPSA) is 98.0 Å². The highest BCUT2D eigenvalue weighted by molar-refractivity contribution is 5.96. The number of carbonyl (C=O) groups is 2. The van der Waals surface area contributed by atoms with Crippen LogP contribution in [0.5, 0.6) is 11.5 Å². The molecular weight excluding hydrogens is 530 g/mol. The van der Waals surface area contributed by atoms with Crippen molar-refractivity contribution in [3.8, 4) is 11.5 Å². The van der Waals surface area contributed by atoms with Crippen LogP contribution in [0.4, 0.5) is 0 Å². The largest absolute Gasteiger partial charge is 0.490 e. The second-order valence-corrected chi connectivity index (χ2v) is 10.4. The molecule has 0 aliphatic carbocycles. The van der Waals surface area contributed by atoms with Crippen LogP contribution < -0.4 is 9.47 Å². The number of ether oxygens (including phenoxy) is 2. The van der Waals surface area contributed by atoms with Crippen LogP contribution in [0, 0.1) is 20.8 Å². The minimum absolute atomic E-state index is 0.0609. The maximum Gasteiger partial charge on any atom is 0.307 e. The Morgan fingerprint density at radius 3 is 2.21 bits per heavy atom. The molecular formula is C35H37NO6. The van der Waals surface area contributed by atoms with Gasteiger partial charge in [0.05, 0.1) is 6.42 Å². The Balaban J connectivity index is 1.37. The number of nitrogens with zero attached hydrogens (tertiary/aromatic N) is 1. The smallest absolute Gasteiger partial charge is 0.307 e. The summed E-state index contributed by atoms with van der Waals surface area (Å²) in [6.45, 7) is 7.61. The first kappa shape index (κ1) is 30.2. The van der Waals surface area contributed by atoms with Crippen LogP contribution in [0.1, 0.15) is 46.2 Å². The van der Waals surface area contributed by atoms with Gasteiger partial charge in [-0.1, -0.05) is 54.1 Å². The Labute approximate surface area is 246 Å². The Morgan fingerprint density at radius 2 is 1.55 bits per heavy atom. The highest BCUT2D eigenvalue weighted by Crippen LogP contribution is 2.28. The molecule has 218 valence electrons. The summed E-state index contributed by atoms with van der Waals surface area (Å²) < 4.78 is 13.7. The number of carboxylic acid groups (broad SMARTS) is 2. The molecule has 4 rings (SSSR count). The highest BCUT2D eigenvalue weighted by atomic mass is 16.5. The standard InChI is InChI=1S/C35H37NO6/c1-24-20-25(2)35(26(3)21-24)42-19-5-4-18-41-30-15-12-27(13-16-30)11-14-28-8-6-9-31-34(28)29(22-33(39)40)23-36(31)17-7-10-32(37)38/h4-6,8-9,11-16,20-21,23H,7,10,17-19,22H2,1-3H3,(H,37,38)(H,39,40). The molecule has 0 fully saturated rings. The number of aromatic nitrogens is 1. The molecule has 1 aromatic heterocycles. The molecule has 2 N–H and O–H groups in total. The first-order valence-corrected chi connectivity index (χ1v) is 14.0. The molecule has 3 aromatic carbocycles. The molecule has 0 spiro atoms. The fraction of sp³-hybridized carbons (Fsp3) is 0.257. The lowest BCUT2D eigenvalue weighted by Crippen LogP contribution is -2.01. The van der Waals surface area contributed by atoms with E-state index in [1.165, 1.54) is 5.56 Å². The van der Waals surface area contributed by atoms with Crippen LogP contribution in [0.3, 0.4) is 0 Å². The van der Waals surface area contributed by atoms with E-state index in [0.29, 0.717) is 31.7 Å². The van der Waals surface area contributed by atoms with Crippen LogP contribution in [0.2, 0.25) is 0 Å². The fourth-order valence-electron chi connectivity index (χ4n) is 5.16. The van der Waals surface area contributed by atoms with Crippen molar-refractivity contribution >= 4 is 35.0 Å². The van der Waals surface area contributed by atoms with Gasteiger partial charge < -0.3 is 24.3 Å². The van der Waals surface area contributed by atoms with E-state index < -0.39 is 11.9 Å². The molecule has 42 heavy (non-hydrogen) atoms. The molecule has 4 aromatic rings. The summed E-state index contributed by atoms with van der Waals surface area (Å²) in [5.74, 6) is -0.0696. The summed E-state index contributed by atoms with van der Waals surface area (Å²) in [6.07, 6.45) is 10.1. The number of rotatable bonds is 14. The van der Waals surface area contributed by atoms with Gasteiger partial charge in [-0.05, 0) is 85.4 Å². The Kier molecular flexibility index (Phi) is 10.2. The number of aryl methyl sites for hydroxylation is 4. The van der Waals surface area contributed by atoms with E-state index in [1.807, 2.05) is 77.5 Å². The van der Waals surface area contributed by atoms with E-state index in [-0.39, 0.29) is 12.8 Å². The number of hydrogen-bond acceptors (Lipinski definition) is 4. The number of fused-ring (bicyclic) bond motifs is 1. The summed E-state index contributed by atoms with van der Waals surface area (Å²) in [6, 6.07) is 17.8. The molecule has 0 saturated heterocycles. The summed E-state index contributed by atoms with van der Waals surface area (Å²) in [5, 5.41) is 19.3. The summed E-state index contributed by atoms with van der Waals surface area (Å²) in [7, 11) is 0. The third-order valence-electron chi connectivity index (χ3n) is 6.93. The third-order valence-corrected chi connectivity index (χ3v) is 6.93. The molecule has 7 heteroatoms. The zero-order chi connectivity index (χ0) is 30.1. The molecule has 0 aliphatic heterocycles. The van der Waals surface area contributed by atoms with E-state index in [1.54, 1.807) is 0 Å². The van der Waals surface area contributed by atoms with Crippen LogP contribution in [-0.2, 0) is 22.6 Å². The summed E-state index contributed by atoms with van der Waals surface area (Å²) in [4.78, 5) is 22.5. The predicted molar refractivity (Wildman–Crippen MR) is 166 cm³/mol. The number of aliphatic carboxylic acids is 2. The van der Waals surface area contributed by atoms with Gasteiger partial charge >= 0.3 is 11.9 Å². The van der Waals surface area contributed by atoms with Crippen molar-refractivity contribution in [2.45, 2.75) is 46.6 Å². The van der Waals surface area contributed by atoms with Gasteiger partial charge in [0.25, 0.3) is 0 Å². The molecule has 7 nitrogen and oxygen atoms in total. The zero-order valence-electron chi connectivity index (χ0n) is 24.3.